The Hall–Kier alpha value is -2.53. The molecule has 1 amide bonds. The van der Waals surface area contributed by atoms with E-state index in [2.05, 4.69) is 10.3 Å². The van der Waals surface area contributed by atoms with Crippen LogP contribution in [0, 0.1) is 0 Å². The number of oxazole rings is 1. The Bertz CT molecular complexity index is 1170. The molecule has 0 aliphatic carbocycles. The number of anilines is 1. The van der Waals surface area contributed by atoms with Gasteiger partial charge in [0.05, 0.1) is 10.6 Å². The first-order valence-corrected chi connectivity index (χ1v) is 9.06. The summed E-state index contributed by atoms with van der Waals surface area (Å²) in [5.41, 5.74) is 2.88. The van der Waals surface area contributed by atoms with Crippen LogP contribution in [-0.2, 0) is 0 Å². The van der Waals surface area contributed by atoms with E-state index >= 15 is 0 Å². The molecule has 1 N–H and O–H groups in total. The van der Waals surface area contributed by atoms with Crippen molar-refractivity contribution in [2.24, 2.45) is 0 Å². The molecule has 27 heavy (non-hydrogen) atoms. The number of benzene rings is 3. The van der Waals surface area contributed by atoms with E-state index in [1.807, 2.05) is 0 Å². The second-order valence-corrected chi connectivity index (χ2v) is 7.07. The number of hydrogen-bond donors (Lipinski definition) is 1. The standard InChI is InChI=1S/C20H11Cl3N2O2/c21-12-3-1-2-11(8-12)19(26)24-14-5-7-18-17(10-14)25-20(27-18)15-6-4-13(22)9-16(15)23/h1-10H,(H,24,26). The SMILES string of the molecule is O=C(Nc1ccc2oc(-c3ccc(Cl)cc3Cl)nc2c1)c1cccc(Cl)c1. The topological polar surface area (TPSA) is 55.1 Å². The molecular formula is C20H11Cl3N2O2. The van der Waals surface area contributed by atoms with Crippen LogP contribution in [0.5, 0.6) is 0 Å². The summed E-state index contributed by atoms with van der Waals surface area (Å²) in [4.78, 5) is 16.8. The van der Waals surface area contributed by atoms with Gasteiger partial charge in [-0.2, -0.15) is 0 Å². The fourth-order valence-electron chi connectivity index (χ4n) is 2.62. The molecule has 0 radical (unpaired) electrons. The Morgan fingerprint density at radius 3 is 2.52 bits per heavy atom. The van der Waals surface area contributed by atoms with Gasteiger partial charge in [-0.25, -0.2) is 4.98 Å². The number of carbonyl (C=O) groups is 1. The van der Waals surface area contributed by atoms with Gasteiger partial charge in [0, 0.05) is 21.3 Å². The lowest BCUT2D eigenvalue weighted by Gasteiger charge is -2.05. The number of hydrogen-bond acceptors (Lipinski definition) is 3. The number of amides is 1. The predicted molar refractivity (Wildman–Crippen MR) is 109 cm³/mol. The molecule has 0 bridgehead atoms. The van der Waals surface area contributed by atoms with Crippen molar-refractivity contribution in [3.8, 4) is 11.5 Å². The zero-order valence-corrected chi connectivity index (χ0v) is 15.9. The first kappa shape index (κ1) is 17.9. The Balaban J connectivity index is 1.64. The number of aromatic nitrogens is 1. The Morgan fingerprint density at radius 1 is 0.926 bits per heavy atom. The van der Waals surface area contributed by atoms with Crippen molar-refractivity contribution in [3.63, 3.8) is 0 Å². The number of nitrogens with one attached hydrogen (secondary N) is 1. The summed E-state index contributed by atoms with van der Waals surface area (Å²) in [5.74, 6) is 0.117. The highest BCUT2D eigenvalue weighted by molar-refractivity contribution is 6.36. The van der Waals surface area contributed by atoms with Crippen molar-refractivity contribution < 1.29 is 9.21 Å². The van der Waals surface area contributed by atoms with E-state index in [0.29, 0.717) is 48.9 Å². The molecule has 4 aromatic rings. The smallest absolute Gasteiger partial charge is 0.255 e. The molecule has 3 aromatic carbocycles. The number of nitrogens with zero attached hydrogens (tertiary/aromatic N) is 1. The maximum atomic E-state index is 12.4. The largest absolute Gasteiger partial charge is 0.436 e. The van der Waals surface area contributed by atoms with Crippen LogP contribution in [-0.4, -0.2) is 10.9 Å². The number of halogens is 3. The van der Waals surface area contributed by atoms with Crippen molar-refractivity contribution >= 4 is 57.5 Å². The van der Waals surface area contributed by atoms with Crippen molar-refractivity contribution in [2.45, 2.75) is 0 Å². The quantitative estimate of drug-likeness (QED) is 0.403. The lowest BCUT2D eigenvalue weighted by Crippen LogP contribution is -2.11. The molecule has 0 aliphatic heterocycles. The second kappa shape index (κ2) is 7.24. The van der Waals surface area contributed by atoms with Crippen molar-refractivity contribution in [3.05, 3.63) is 81.3 Å². The summed E-state index contributed by atoms with van der Waals surface area (Å²) in [6.07, 6.45) is 0. The van der Waals surface area contributed by atoms with E-state index in [4.69, 9.17) is 39.2 Å². The van der Waals surface area contributed by atoms with Gasteiger partial charge in [-0.3, -0.25) is 4.79 Å². The van der Waals surface area contributed by atoms with Crippen LogP contribution in [0.1, 0.15) is 10.4 Å². The fourth-order valence-corrected chi connectivity index (χ4v) is 3.30. The van der Waals surface area contributed by atoms with Crippen molar-refractivity contribution in [2.75, 3.05) is 5.32 Å². The molecule has 0 saturated heterocycles. The number of fused-ring (bicyclic) bond motifs is 1. The molecule has 0 aliphatic rings. The monoisotopic (exact) mass is 416 g/mol. The minimum Gasteiger partial charge on any atom is -0.436 e. The maximum absolute atomic E-state index is 12.4. The van der Waals surface area contributed by atoms with Gasteiger partial charge >= 0.3 is 0 Å². The van der Waals surface area contributed by atoms with E-state index in [1.165, 1.54) is 0 Å². The maximum Gasteiger partial charge on any atom is 0.255 e. The zero-order valence-electron chi connectivity index (χ0n) is 13.7. The van der Waals surface area contributed by atoms with Crippen LogP contribution in [0.15, 0.2) is 65.1 Å². The van der Waals surface area contributed by atoms with E-state index in [-0.39, 0.29) is 5.91 Å². The molecule has 0 spiro atoms. The highest BCUT2D eigenvalue weighted by atomic mass is 35.5. The molecule has 0 unspecified atom stereocenters. The van der Waals surface area contributed by atoms with Gasteiger partial charge in [0.1, 0.15) is 5.52 Å². The first-order chi connectivity index (χ1) is 13.0. The normalized spacial score (nSPS) is 10.9. The molecule has 7 heteroatoms. The van der Waals surface area contributed by atoms with E-state index < -0.39 is 0 Å². The number of rotatable bonds is 3. The lowest BCUT2D eigenvalue weighted by molar-refractivity contribution is 0.102. The molecule has 134 valence electrons. The van der Waals surface area contributed by atoms with Crippen molar-refractivity contribution in [1.82, 2.24) is 4.98 Å². The van der Waals surface area contributed by atoms with Gasteiger partial charge in [0.15, 0.2) is 5.58 Å². The van der Waals surface area contributed by atoms with Gasteiger partial charge in [0.2, 0.25) is 5.89 Å². The highest BCUT2D eigenvalue weighted by Crippen LogP contribution is 2.32. The first-order valence-electron chi connectivity index (χ1n) is 7.92. The minimum atomic E-state index is -0.263. The van der Waals surface area contributed by atoms with Crippen LogP contribution in [0.3, 0.4) is 0 Å². The van der Waals surface area contributed by atoms with Crippen LogP contribution in [0.2, 0.25) is 15.1 Å². The van der Waals surface area contributed by atoms with Crippen molar-refractivity contribution in [1.29, 1.82) is 0 Å². The third kappa shape index (κ3) is 3.78. The summed E-state index contributed by atoms with van der Waals surface area (Å²) < 4.78 is 5.77. The van der Waals surface area contributed by atoms with Crippen LogP contribution >= 0.6 is 34.8 Å². The molecular weight excluding hydrogens is 407 g/mol. The van der Waals surface area contributed by atoms with E-state index in [9.17, 15) is 4.79 Å². The lowest BCUT2D eigenvalue weighted by atomic mass is 10.2. The fraction of sp³-hybridized carbons (Fsp3) is 0. The molecule has 0 atom stereocenters. The van der Waals surface area contributed by atoms with E-state index in [1.54, 1.807) is 60.7 Å². The van der Waals surface area contributed by atoms with Gasteiger partial charge in [-0.05, 0) is 54.6 Å². The van der Waals surface area contributed by atoms with Crippen LogP contribution in [0.4, 0.5) is 5.69 Å². The summed E-state index contributed by atoms with van der Waals surface area (Å²) in [7, 11) is 0. The molecule has 1 heterocycles. The number of carbonyl (C=O) groups excluding carboxylic acids is 1. The summed E-state index contributed by atoms with van der Waals surface area (Å²) in [5, 5.41) is 4.30. The molecule has 0 saturated carbocycles. The molecule has 4 rings (SSSR count). The Labute approximate surface area is 169 Å². The summed E-state index contributed by atoms with van der Waals surface area (Å²) in [6, 6.07) is 17.0. The zero-order chi connectivity index (χ0) is 19.0. The summed E-state index contributed by atoms with van der Waals surface area (Å²) >= 11 is 18.1. The molecule has 0 fully saturated rings. The molecule has 4 nitrogen and oxygen atoms in total. The second-order valence-electron chi connectivity index (χ2n) is 5.79. The average molecular weight is 418 g/mol. The third-order valence-electron chi connectivity index (χ3n) is 3.89. The minimum absolute atomic E-state index is 0.263. The Morgan fingerprint density at radius 2 is 1.74 bits per heavy atom. The van der Waals surface area contributed by atoms with Gasteiger partial charge in [-0.1, -0.05) is 40.9 Å². The van der Waals surface area contributed by atoms with Gasteiger partial charge < -0.3 is 9.73 Å². The third-order valence-corrected chi connectivity index (χ3v) is 4.68. The van der Waals surface area contributed by atoms with Gasteiger partial charge in [0.25, 0.3) is 5.91 Å². The van der Waals surface area contributed by atoms with Crippen LogP contribution < -0.4 is 5.32 Å². The average Bonchev–Trinajstić information content (AvgIpc) is 3.04. The molecule has 1 aromatic heterocycles. The van der Waals surface area contributed by atoms with Gasteiger partial charge in [-0.15, -0.1) is 0 Å². The summed E-state index contributed by atoms with van der Waals surface area (Å²) in [6.45, 7) is 0. The highest BCUT2D eigenvalue weighted by Gasteiger charge is 2.13. The van der Waals surface area contributed by atoms with E-state index in [0.717, 1.165) is 0 Å². The Kier molecular flexibility index (Phi) is 4.79. The van der Waals surface area contributed by atoms with Crippen LogP contribution in [0.25, 0.3) is 22.6 Å². The predicted octanol–water partition coefficient (Wildman–Crippen LogP) is 6.71.